The Morgan fingerprint density at radius 3 is 2.38 bits per heavy atom. The van der Waals surface area contributed by atoms with Crippen LogP contribution >= 0.6 is 0 Å². The van der Waals surface area contributed by atoms with Gasteiger partial charge in [0, 0.05) is 26.6 Å². The summed E-state index contributed by atoms with van der Waals surface area (Å²) in [5, 5.41) is 8.56. The molecule has 0 aliphatic carbocycles. The van der Waals surface area contributed by atoms with Gasteiger partial charge in [0.05, 0.1) is 0 Å². The largest absolute Gasteiger partial charge is 0.475 e. The predicted octanol–water partition coefficient (Wildman–Crippen LogP) is 1.93. The molecule has 16 heavy (non-hydrogen) atoms. The van der Waals surface area contributed by atoms with Gasteiger partial charge in [0.15, 0.2) is 0 Å². The third kappa shape index (κ3) is 4.11. The van der Waals surface area contributed by atoms with Crippen LogP contribution in [0.15, 0.2) is 29.8 Å². The molecule has 84 valence electrons. The normalized spacial score (nSPS) is 10.4. The average Bonchev–Trinajstić information content (AvgIpc) is 2.26. The van der Waals surface area contributed by atoms with Crippen LogP contribution in [0, 0.1) is 6.07 Å². The van der Waals surface area contributed by atoms with E-state index < -0.39 is 11.8 Å². The number of carbonyl (C=O) groups excluding carboxylic acids is 1. The van der Waals surface area contributed by atoms with E-state index in [9.17, 15) is 9.59 Å². The van der Waals surface area contributed by atoms with Crippen molar-refractivity contribution < 1.29 is 35.8 Å². The van der Waals surface area contributed by atoms with E-state index >= 15 is 0 Å². The fourth-order valence-electron chi connectivity index (χ4n) is 1.16. The number of ketones is 1. The minimum atomic E-state index is -1.41. The van der Waals surface area contributed by atoms with Crippen LogP contribution in [-0.4, -0.2) is 16.9 Å². The van der Waals surface area contributed by atoms with Crippen LogP contribution in [0.1, 0.15) is 18.9 Å². The SMILES string of the molecule is CC/C(=C\c1cc[c-]cc1)C(=O)C(=O)O.[W]. The van der Waals surface area contributed by atoms with Crippen LogP contribution in [0.5, 0.6) is 0 Å². The molecule has 0 saturated carbocycles. The van der Waals surface area contributed by atoms with Crippen molar-refractivity contribution in [3.05, 3.63) is 41.5 Å². The Balaban J connectivity index is 0.00000225. The Labute approximate surface area is 108 Å². The molecule has 0 radical (unpaired) electrons. The van der Waals surface area contributed by atoms with Crippen molar-refractivity contribution in [1.29, 1.82) is 0 Å². The minimum Gasteiger partial charge on any atom is -0.475 e. The summed E-state index contributed by atoms with van der Waals surface area (Å²) in [6, 6.07) is 9.81. The topological polar surface area (TPSA) is 54.4 Å². The first-order chi connectivity index (χ1) is 7.15. The molecule has 1 aromatic rings. The summed E-state index contributed by atoms with van der Waals surface area (Å²) in [7, 11) is 0. The number of Topliss-reactive ketones (excluding diaryl/α,β-unsaturated/α-hetero) is 1. The Morgan fingerprint density at radius 1 is 1.38 bits per heavy atom. The first-order valence-corrected chi connectivity index (χ1v) is 4.59. The van der Waals surface area contributed by atoms with Crippen molar-refractivity contribution in [2.75, 3.05) is 0 Å². The number of carboxylic acid groups (broad SMARTS) is 1. The predicted molar refractivity (Wildman–Crippen MR) is 56.2 cm³/mol. The quantitative estimate of drug-likeness (QED) is 0.488. The van der Waals surface area contributed by atoms with Crippen LogP contribution in [0.3, 0.4) is 0 Å². The smallest absolute Gasteiger partial charge is 0.376 e. The molecule has 1 rings (SSSR count). The molecule has 0 heterocycles. The first-order valence-electron chi connectivity index (χ1n) is 4.59. The maximum Gasteiger partial charge on any atom is 0.376 e. The Bertz CT molecular complexity index is 396. The van der Waals surface area contributed by atoms with Crippen molar-refractivity contribution in [2.45, 2.75) is 13.3 Å². The zero-order valence-electron chi connectivity index (χ0n) is 8.77. The summed E-state index contributed by atoms with van der Waals surface area (Å²) < 4.78 is 0. The van der Waals surface area contributed by atoms with Gasteiger partial charge in [0.25, 0.3) is 5.78 Å². The second-order valence-electron chi connectivity index (χ2n) is 2.99. The summed E-state index contributed by atoms with van der Waals surface area (Å²) in [5.41, 5.74) is 1.11. The van der Waals surface area contributed by atoms with Crippen molar-refractivity contribution in [1.82, 2.24) is 0 Å². The monoisotopic (exact) mass is 387 g/mol. The molecule has 0 unspecified atom stereocenters. The zero-order valence-corrected chi connectivity index (χ0v) is 11.7. The second-order valence-corrected chi connectivity index (χ2v) is 2.99. The van der Waals surface area contributed by atoms with E-state index in [-0.39, 0.29) is 21.1 Å². The van der Waals surface area contributed by atoms with E-state index in [0.717, 1.165) is 5.56 Å². The van der Waals surface area contributed by atoms with Crippen LogP contribution in [0.2, 0.25) is 0 Å². The summed E-state index contributed by atoms with van der Waals surface area (Å²) in [6.45, 7) is 1.75. The Kier molecular flexibility index (Phi) is 6.59. The van der Waals surface area contributed by atoms with Gasteiger partial charge in [-0.1, -0.05) is 13.0 Å². The van der Waals surface area contributed by atoms with E-state index in [2.05, 4.69) is 6.07 Å². The van der Waals surface area contributed by atoms with Crippen LogP contribution in [0.25, 0.3) is 6.08 Å². The van der Waals surface area contributed by atoms with Crippen molar-refractivity contribution in [3.63, 3.8) is 0 Å². The zero-order chi connectivity index (χ0) is 11.3. The van der Waals surface area contributed by atoms with Crippen LogP contribution in [-0.2, 0) is 30.7 Å². The molecule has 0 bridgehead atoms. The molecule has 0 saturated heterocycles. The average molecular weight is 387 g/mol. The maximum atomic E-state index is 11.2. The number of carbonyl (C=O) groups is 2. The van der Waals surface area contributed by atoms with Gasteiger partial charge in [-0.2, -0.15) is 30.3 Å². The van der Waals surface area contributed by atoms with Crippen LogP contribution in [0.4, 0.5) is 0 Å². The third-order valence-electron chi connectivity index (χ3n) is 1.95. The van der Waals surface area contributed by atoms with Gasteiger partial charge in [-0.3, -0.25) is 4.79 Å². The first kappa shape index (κ1) is 14.8. The number of rotatable bonds is 4. The molecule has 0 amide bonds. The van der Waals surface area contributed by atoms with Gasteiger partial charge in [-0.15, -0.1) is 5.56 Å². The molecule has 0 aromatic heterocycles. The minimum absolute atomic E-state index is 0. The van der Waals surface area contributed by atoms with Gasteiger partial charge in [0.2, 0.25) is 0 Å². The summed E-state index contributed by atoms with van der Waals surface area (Å²) in [6.07, 6.45) is 1.99. The summed E-state index contributed by atoms with van der Waals surface area (Å²) >= 11 is 0. The van der Waals surface area contributed by atoms with E-state index in [1.807, 2.05) is 0 Å². The van der Waals surface area contributed by atoms with Crippen molar-refractivity contribution in [3.8, 4) is 0 Å². The van der Waals surface area contributed by atoms with Crippen molar-refractivity contribution in [2.24, 2.45) is 0 Å². The van der Waals surface area contributed by atoms with Crippen molar-refractivity contribution >= 4 is 17.8 Å². The standard InChI is InChI=1S/C12H11O3.W/c1-2-10(11(13)12(14)15)8-9-6-4-3-5-7-9;/h4-8H,2H2,1H3,(H,14,15);/q-1;/b10-8+;. The molecule has 0 aliphatic rings. The molecule has 1 aromatic carbocycles. The van der Waals surface area contributed by atoms with Crippen LogP contribution < -0.4 is 0 Å². The fraction of sp³-hybridized carbons (Fsp3) is 0.167. The maximum absolute atomic E-state index is 11.2. The third-order valence-corrected chi connectivity index (χ3v) is 1.95. The molecule has 0 spiro atoms. The Hall–Kier alpha value is -1.21. The summed E-state index contributed by atoms with van der Waals surface area (Å²) in [5.74, 6) is -2.25. The number of aliphatic carboxylic acids is 1. The fourth-order valence-corrected chi connectivity index (χ4v) is 1.16. The number of hydrogen-bond acceptors (Lipinski definition) is 2. The van der Waals surface area contributed by atoms with Gasteiger partial charge < -0.3 is 5.11 Å². The summed E-state index contributed by atoms with van der Waals surface area (Å²) in [4.78, 5) is 21.7. The van der Waals surface area contributed by atoms with E-state index in [1.54, 1.807) is 37.3 Å². The molecular formula is C12H11O3W-. The van der Waals surface area contributed by atoms with E-state index in [4.69, 9.17) is 5.11 Å². The molecular weight excluding hydrogens is 376 g/mol. The number of carboxylic acids is 1. The van der Waals surface area contributed by atoms with Gasteiger partial charge in [-0.25, -0.2) is 4.79 Å². The molecule has 0 atom stereocenters. The Morgan fingerprint density at radius 2 is 1.94 bits per heavy atom. The molecule has 0 fully saturated rings. The number of benzene rings is 1. The van der Waals surface area contributed by atoms with E-state index in [1.165, 1.54) is 0 Å². The van der Waals surface area contributed by atoms with E-state index in [0.29, 0.717) is 12.0 Å². The second kappa shape index (κ2) is 7.13. The molecule has 0 aliphatic heterocycles. The molecule has 4 heteroatoms. The number of hydrogen-bond donors (Lipinski definition) is 1. The molecule has 3 nitrogen and oxygen atoms in total. The molecule has 1 N–H and O–H groups in total. The van der Waals surface area contributed by atoms with Gasteiger partial charge in [0.1, 0.15) is 0 Å². The van der Waals surface area contributed by atoms with Gasteiger partial charge in [-0.05, 0) is 6.42 Å². The van der Waals surface area contributed by atoms with Gasteiger partial charge >= 0.3 is 5.97 Å².